The Balaban J connectivity index is 1.37. The van der Waals surface area contributed by atoms with Gasteiger partial charge in [-0.25, -0.2) is 0 Å². The number of rotatable bonds is 6. The highest BCUT2D eigenvalue weighted by atomic mass is 16.5. The molecule has 1 aliphatic heterocycles. The Morgan fingerprint density at radius 2 is 1.59 bits per heavy atom. The van der Waals surface area contributed by atoms with Crippen LogP contribution in [0.5, 0.6) is 0 Å². The molecule has 3 aliphatic rings. The second kappa shape index (κ2) is 9.15. The van der Waals surface area contributed by atoms with Gasteiger partial charge >= 0.3 is 5.97 Å². The highest BCUT2D eigenvalue weighted by Gasteiger charge is 2.46. The van der Waals surface area contributed by atoms with Crippen molar-refractivity contribution in [1.82, 2.24) is 10.2 Å². The van der Waals surface area contributed by atoms with E-state index in [-0.39, 0.29) is 55.2 Å². The highest BCUT2D eigenvalue weighted by molar-refractivity contribution is 6.05. The number of carbonyl (C=O) groups excluding carboxylic acids is 4. The monoisotopic (exact) mass is 376 g/mol. The lowest BCUT2D eigenvalue weighted by molar-refractivity contribution is -0.150. The van der Waals surface area contributed by atoms with E-state index in [4.69, 9.17) is 4.74 Å². The van der Waals surface area contributed by atoms with Gasteiger partial charge in [-0.05, 0) is 25.7 Å². The second-order valence-corrected chi connectivity index (χ2v) is 7.65. The fraction of sp³-hybridized carbons (Fsp3) is 0.700. The largest absolute Gasteiger partial charge is 0.456 e. The van der Waals surface area contributed by atoms with Gasteiger partial charge < -0.3 is 10.1 Å². The summed E-state index contributed by atoms with van der Waals surface area (Å²) in [5.74, 6) is -1.84. The maximum Gasteiger partial charge on any atom is 0.308 e. The summed E-state index contributed by atoms with van der Waals surface area (Å²) in [7, 11) is 0. The van der Waals surface area contributed by atoms with Crippen molar-refractivity contribution in [3.63, 3.8) is 0 Å². The number of fused-ring (bicyclic) bond motifs is 1. The normalized spacial score (nSPS) is 25.9. The third kappa shape index (κ3) is 4.96. The average molecular weight is 376 g/mol. The van der Waals surface area contributed by atoms with Gasteiger partial charge in [-0.1, -0.05) is 37.8 Å². The third-order valence-corrected chi connectivity index (χ3v) is 5.72. The molecule has 0 radical (unpaired) electrons. The first kappa shape index (κ1) is 19.6. The van der Waals surface area contributed by atoms with Crippen LogP contribution in [-0.2, 0) is 23.9 Å². The van der Waals surface area contributed by atoms with Crippen molar-refractivity contribution < 1.29 is 23.9 Å². The van der Waals surface area contributed by atoms with Crippen molar-refractivity contribution in [3.05, 3.63) is 12.2 Å². The molecule has 2 atom stereocenters. The van der Waals surface area contributed by atoms with Crippen molar-refractivity contribution in [2.24, 2.45) is 11.8 Å². The number of amides is 3. The van der Waals surface area contributed by atoms with Crippen LogP contribution in [0.4, 0.5) is 0 Å². The van der Waals surface area contributed by atoms with Crippen molar-refractivity contribution in [2.75, 3.05) is 13.2 Å². The van der Waals surface area contributed by atoms with E-state index in [0.29, 0.717) is 12.8 Å². The first-order valence-corrected chi connectivity index (χ1v) is 10.0. The second-order valence-electron chi connectivity index (χ2n) is 7.65. The minimum Gasteiger partial charge on any atom is -0.456 e. The van der Waals surface area contributed by atoms with Crippen LogP contribution in [0.25, 0.3) is 0 Å². The minimum absolute atomic E-state index is 0.0216. The van der Waals surface area contributed by atoms with Crippen molar-refractivity contribution in [1.29, 1.82) is 0 Å². The number of hydrogen-bond donors (Lipinski definition) is 1. The van der Waals surface area contributed by atoms with E-state index < -0.39 is 5.97 Å². The van der Waals surface area contributed by atoms with Gasteiger partial charge in [0.15, 0.2) is 6.61 Å². The standard InChI is InChI=1S/C20H28N2O5/c23-17(21-14-7-3-1-2-4-8-14)13-27-18(24)11-12-22-19(25)15-9-5-6-10-16(15)20(22)26/h5-6,14-16H,1-4,7-13H2,(H,21,23)/t15-,16-/m1/s1. The lowest BCUT2D eigenvalue weighted by Gasteiger charge is -2.16. The van der Waals surface area contributed by atoms with Crippen LogP contribution < -0.4 is 5.32 Å². The summed E-state index contributed by atoms with van der Waals surface area (Å²) in [5.41, 5.74) is 0. The zero-order valence-electron chi connectivity index (χ0n) is 15.7. The van der Waals surface area contributed by atoms with Crippen LogP contribution in [0, 0.1) is 11.8 Å². The fourth-order valence-electron chi connectivity index (χ4n) is 4.20. The fourth-order valence-corrected chi connectivity index (χ4v) is 4.20. The van der Waals surface area contributed by atoms with Gasteiger partial charge in [0.1, 0.15) is 0 Å². The number of carbonyl (C=O) groups is 4. The zero-order chi connectivity index (χ0) is 19.2. The Morgan fingerprint density at radius 1 is 1.00 bits per heavy atom. The van der Waals surface area contributed by atoms with Crippen molar-refractivity contribution in [3.8, 4) is 0 Å². The summed E-state index contributed by atoms with van der Waals surface area (Å²) >= 11 is 0. The lowest BCUT2D eigenvalue weighted by atomic mass is 9.85. The number of nitrogens with one attached hydrogen (secondary N) is 1. The molecule has 0 spiro atoms. The maximum absolute atomic E-state index is 12.3. The number of allylic oxidation sites excluding steroid dienone is 2. The molecule has 1 saturated heterocycles. The van der Waals surface area contributed by atoms with Crippen LogP contribution in [-0.4, -0.2) is 47.8 Å². The van der Waals surface area contributed by atoms with Crippen LogP contribution >= 0.6 is 0 Å². The Bertz CT molecular complexity index is 596. The van der Waals surface area contributed by atoms with Crippen LogP contribution in [0.1, 0.15) is 57.8 Å². The molecule has 0 aromatic rings. The molecule has 7 heteroatoms. The van der Waals surface area contributed by atoms with E-state index in [1.54, 1.807) is 0 Å². The summed E-state index contributed by atoms with van der Waals surface area (Å²) in [6.07, 6.45) is 11.5. The van der Waals surface area contributed by atoms with E-state index >= 15 is 0 Å². The summed E-state index contributed by atoms with van der Waals surface area (Å²) < 4.78 is 5.01. The molecule has 0 unspecified atom stereocenters. The van der Waals surface area contributed by atoms with Crippen molar-refractivity contribution in [2.45, 2.75) is 63.8 Å². The molecule has 3 rings (SSSR count). The smallest absolute Gasteiger partial charge is 0.308 e. The Morgan fingerprint density at radius 3 is 2.19 bits per heavy atom. The third-order valence-electron chi connectivity index (χ3n) is 5.72. The summed E-state index contributed by atoms with van der Waals surface area (Å²) in [6, 6.07) is 0.162. The Hall–Kier alpha value is -2.18. The number of nitrogens with zero attached hydrogens (tertiary/aromatic N) is 1. The van der Waals surface area contributed by atoms with Gasteiger partial charge in [0, 0.05) is 12.6 Å². The van der Waals surface area contributed by atoms with Gasteiger partial charge in [0.05, 0.1) is 18.3 Å². The molecule has 1 saturated carbocycles. The van der Waals surface area contributed by atoms with E-state index in [1.807, 2.05) is 12.2 Å². The minimum atomic E-state index is -0.570. The van der Waals surface area contributed by atoms with Gasteiger partial charge in [0.2, 0.25) is 11.8 Å². The molecule has 2 aliphatic carbocycles. The lowest BCUT2D eigenvalue weighted by Crippen LogP contribution is -2.38. The number of hydrogen-bond acceptors (Lipinski definition) is 5. The zero-order valence-corrected chi connectivity index (χ0v) is 15.7. The summed E-state index contributed by atoms with van der Waals surface area (Å²) in [6.45, 7) is -0.292. The molecule has 27 heavy (non-hydrogen) atoms. The predicted octanol–water partition coefficient (Wildman–Crippen LogP) is 1.71. The first-order chi connectivity index (χ1) is 13.1. The number of likely N-dealkylation sites (tertiary alicyclic amines) is 1. The van der Waals surface area contributed by atoms with Crippen LogP contribution in [0.3, 0.4) is 0 Å². The van der Waals surface area contributed by atoms with Crippen LogP contribution in [0.15, 0.2) is 12.2 Å². The van der Waals surface area contributed by atoms with Gasteiger partial charge in [-0.2, -0.15) is 0 Å². The average Bonchev–Trinajstić information content (AvgIpc) is 2.84. The summed E-state index contributed by atoms with van der Waals surface area (Å²) in [5, 5.41) is 2.92. The molecule has 0 aromatic heterocycles. The topological polar surface area (TPSA) is 92.8 Å². The summed E-state index contributed by atoms with van der Waals surface area (Å²) in [4.78, 5) is 49.7. The molecule has 2 fully saturated rings. The van der Waals surface area contributed by atoms with E-state index in [2.05, 4.69) is 5.32 Å². The van der Waals surface area contributed by atoms with E-state index in [9.17, 15) is 19.2 Å². The predicted molar refractivity (Wildman–Crippen MR) is 97.3 cm³/mol. The number of ether oxygens (including phenoxy) is 1. The maximum atomic E-state index is 12.3. The molecular weight excluding hydrogens is 348 g/mol. The molecule has 3 amide bonds. The molecule has 1 N–H and O–H groups in total. The SMILES string of the molecule is O=C(COC(=O)CCN1C(=O)[C@@H]2CC=CC[C@H]2C1=O)NC1CCCCCC1. The van der Waals surface area contributed by atoms with Crippen LogP contribution in [0.2, 0.25) is 0 Å². The molecule has 1 heterocycles. The highest BCUT2D eigenvalue weighted by Crippen LogP contribution is 2.35. The van der Waals surface area contributed by atoms with E-state index in [1.165, 1.54) is 17.7 Å². The molecule has 7 nitrogen and oxygen atoms in total. The van der Waals surface area contributed by atoms with Crippen molar-refractivity contribution >= 4 is 23.7 Å². The number of imide groups is 1. The molecule has 0 aromatic carbocycles. The van der Waals surface area contributed by atoms with Gasteiger partial charge in [-0.15, -0.1) is 0 Å². The van der Waals surface area contributed by atoms with Gasteiger partial charge in [0.25, 0.3) is 5.91 Å². The van der Waals surface area contributed by atoms with E-state index in [0.717, 1.165) is 25.7 Å². The van der Waals surface area contributed by atoms with Gasteiger partial charge in [-0.3, -0.25) is 24.1 Å². The quantitative estimate of drug-likeness (QED) is 0.330. The number of esters is 1. The molecular formula is C20H28N2O5. The first-order valence-electron chi connectivity index (χ1n) is 10.0. The molecule has 148 valence electrons. The Kier molecular flexibility index (Phi) is 6.63. The molecule has 0 bridgehead atoms. The Labute approximate surface area is 159 Å².